The van der Waals surface area contributed by atoms with Gasteiger partial charge in [-0.3, -0.25) is 24.0 Å². The van der Waals surface area contributed by atoms with Gasteiger partial charge in [0.25, 0.3) is 0 Å². The van der Waals surface area contributed by atoms with Crippen molar-refractivity contribution in [2.75, 3.05) is 32.8 Å². The Morgan fingerprint density at radius 2 is 1.34 bits per heavy atom. The second-order valence-corrected chi connectivity index (χ2v) is 11.9. The van der Waals surface area contributed by atoms with E-state index in [0.717, 1.165) is 0 Å². The Hall–Kier alpha value is -3.26. The number of amides is 5. The predicted molar refractivity (Wildman–Crippen MR) is 146 cm³/mol. The maximum atomic E-state index is 13.7. The maximum Gasteiger partial charge on any atom is 0.328 e. The van der Waals surface area contributed by atoms with Gasteiger partial charge in [-0.15, -0.1) is 0 Å². The number of hydrogen-bond acceptors (Lipinski definition) is 8. The minimum atomic E-state index is -1.27. The van der Waals surface area contributed by atoms with Crippen LogP contribution in [0.3, 0.4) is 0 Å². The van der Waals surface area contributed by atoms with Gasteiger partial charge in [-0.1, -0.05) is 0 Å². The summed E-state index contributed by atoms with van der Waals surface area (Å²) in [6, 6.07) is -4.49. The molecule has 41 heavy (non-hydrogen) atoms. The van der Waals surface area contributed by atoms with Gasteiger partial charge in [-0.05, 0) is 66.2 Å². The summed E-state index contributed by atoms with van der Waals surface area (Å²) in [5.41, 5.74) is 4.74. The zero-order valence-corrected chi connectivity index (χ0v) is 24.4. The van der Waals surface area contributed by atoms with Crippen molar-refractivity contribution in [1.82, 2.24) is 25.3 Å². The number of likely N-dealkylation sites (tertiary alicyclic amines) is 3. The Morgan fingerprint density at radius 3 is 1.85 bits per heavy atom. The first-order valence-corrected chi connectivity index (χ1v) is 14.3. The van der Waals surface area contributed by atoms with Gasteiger partial charge in [0.2, 0.25) is 29.5 Å². The highest BCUT2D eigenvalue weighted by Crippen LogP contribution is 2.28. The number of hydrogen-bond donors (Lipinski definition) is 4. The molecule has 0 aliphatic carbocycles. The van der Waals surface area contributed by atoms with Crippen molar-refractivity contribution in [3.8, 4) is 0 Å². The summed E-state index contributed by atoms with van der Waals surface area (Å²) in [4.78, 5) is 81.4. The second kappa shape index (κ2) is 13.6. The van der Waals surface area contributed by atoms with E-state index in [-0.39, 0.29) is 30.9 Å². The van der Waals surface area contributed by atoms with Crippen LogP contribution in [0, 0.1) is 0 Å². The smallest absolute Gasteiger partial charge is 0.328 e. The molecular weight excluding hydrogens is 536 g/mol. The van der Waals surface area contributed by atoms with E-state index >= 15 is 0 Å². The van der Waals surface area contributed by atoms with E-state index in [0.29, 0.717) is 58.2 Å². The van der Waals surface area contributed by atoms with Crippen molar-refractivity contribution in [1.29, 1.82) is 0 Å². The lowest BCUT2D eigenvalue weighted by molar-refractivity contribution is -0.151. The molecule has 0 bridgehead atoms. The highest BCUT2D eigenvalue weighted by molar-refractivity contribution is 5.96. The zero-order chi connectivity index (χ0) is 30.5. The number of carbonyl (C=O) groups is 6. The van der Waals surface area contributed by atoms with E-state index in [1.165, 1.54) is 14.7 Å². The summed E-state index contributed by atoms with van der Waals surface area (Å²) in [6.45, 7) is 7.43. The van der Waals surface area contributed by atoms with Gasteiger partial charge >= 0.3 is 5.97 Å². The molecule has 14 nitrogen and oxygen atoms in total. The Bertz CT molecular complexity index is 1030. The largest absolute Gasteiger partial charge is 0.480 e. The van der Waals surface area contributed by atoms with Gasteiger partial charge in [-0.25, -0.2) is 4.79 Å². The highest BCUT2D eigenvalue weighted by atomic mass is 16.5. The Labute approximate surface area is 240 Å². The lowest BCUT2D eigenvalue weighted by Gasteiger charge is -2.34. The molecular formula is C27H44N6O8. The number of carboxylic acids is 1. The quantitative estimate of drug-likeness (QED) is 0.246. The summed E-state index contributed by atoms with van der Waals surface area (Å²) < 4.78 is 5.55. The molecule has 3 aliphatic rings. The number of nitrogens with zero attached hydrogens (tertiary/aromatic N) is 3. The van der Waals surface area contributed by atoms with E-state index in [2.05, 4.69) is 10.6 Å². The molecule has 5 N–H and O–H groups in total. The van der Waals surface area contributed by atoms with Crippen molar-refractivity contribution >= 4 is 35.5 Å². The van der Waals surface area contributed by atoms with Gasteiger partial charge in [-0.2, -0.15) is 0 Å². The fourth-order valence-corrected chi connectivity index (χ4v) is 5.65. The summed E-state index contributed by atoms with van der Waals surface area (Å²) in [7, 11) is 0. The van der Waals surface area contributed by atoms with Gasteiger partial charge in [0.1, 0.15) is 24.2 Å². The van der Waals surface area contributed by atoms with Crippen LogP contribution in [-0.2, 0) is 33.5 Å². The topological polar surface area (TPSA) is 192 Å². The molecule has 5 atom stereocenters. The number of carboxylic acid groups (broad SMARTS) is 1. The molecule has 0 radical (unpaired) electrons. The summed E-state index contributed by atoms with van der Waals surface area (Å²) in [5.74, 6) is -3.35. The first kappa shape index (κ1) is 32.3. The number of aliphatic carboxylic acids is 1. The number of nitrogens with one attached hydrogen (secondary N) is 2. The SMILES string of the molecule is C[C@H](NC(=O)CN)C(=O)N1CCC[C@H]1C(=O)N1CCC[C@H]1C(=O)N1CCC[C@H]1C(=O)N[C@@H](COC(C)(C)C)C(=O)O. The minimum absolute atomic E-state index is 0.221. The van der Waals surface area contributed by atoms with Crippen LogP contribution in [0.4, 0.5) is 0 Å². The lowest BCUT2D eigenvalue weighted by atomic mass is 10.1. The van der Waals surface area contributed by atoms with Crippen molar-refractivity contribution in [2.24, 2.45) is 5.73 Å². The Kier molecular flexibility index (Phi) is 10.7. The molecule has 3 heterocycles. The van der Waals surface area contributed by atoms with Crippen LogP contribution in [0.5, 0.6) is 0 Å². The molecule has 0 aromatic heterocycles. The van der Waals surface area contributed by atoms with Crippen molar-refractivity contribution in [2.45, 2.75) is 102 Å². The van der Waals surface area contributed by atoms with Crippen LogP contribution in [0.15, 0.2) is 0 Å². The van der Waals surface area contributed by atoms with Crippen LogP contribution in [0.25, 0.3) is 0 Å². The molecule has 14 heteroatoms. The monoisotopic (exact) mass is 580 g/mol. The zero-order valence-electron chi connectivity index (χ0n) is 24.4. The lowest BCUT2D eigenvalue weighted by Crippen LogP contribution is -2.58. The molecule has 0 aromatic carbocycles. The van der Waals surface area contributed by atoms with Crippen LogP contribution in [-0.4, -0.2) is 124 Å². The standard InChI is InChI=1S/C27H44N6O8/c1-16(29-21(34)14-28)23(36)32-12-6-9-19(32)25(38)33-13-7-10-20(33)24(37)31-11-5-8-18(31)22(35)30-17(26(39)40)15-41-27(2,3)4/h16-20H,5-15,28H2,1-4H3,(H,29,34)(H,30,35)(H,39,40)/t16-,17-,18-,19-,20-/m0/s1. The molecule has 0 saturated carbocycles. The number of ether oxygens (including phenoxy) is 1. The van der Waals surface area contributed by atoms with Gasteiger partial charge < -0.3 is 40.9 Å². The van der Waals surface area contributed by atoms with Crippen LogP contribution >= 0.6 is 0 Å². The first-order chi connectivity index (χ1) is 19.2. The fraction of sp³-hybridized carbons (Fsp3) is 0.778. The fourth-order valence-electron chi connectivity index (χ4n) is 5.65. The average molecular weight is 581 g/mol. The third-order valence-electron chi connectivity index (χ3n) is 7.71. The molecule has 5 amide bonds. The third-order valence-corrected chi connectivity index (χ3v) is 7.71. The van der Waals surface area contributed by atoms with E-state index in [4.69, 9.17) is 10.5 Å². The van der Waals surface area contributed by atoms with E-state index < -0.39 is 53.6 Å². The van der Waals surface area contributed by atoms with E-state index in [1.54, 1.807) is 27.7 Å². The molecule has 0 aromatic rings. The summed E-state index contributed by atoms with van der Waals surface area (Å²) in [6.07, 6.45) is 3.03. The highest BCUT2D eigenvalue weighted by Gasteiger charge is 2.46. The number of nitrogens with two attached hydrogens (primary N) is 1. The molecule has 3 saturated heterocycles. The Balaban J connectivity index is 1.68. The predicted octanol–water partition coefficient (Wildman–Crippen LogP) is -1.19. The van der Waals surface area contributed by atoms with Crippen LogP contribution < -0.4 is 16.4 Å². The van der Waals surface area contributed by atoms with Crippen molar-refractivity contribution < 1.29 is 38.6 Å². The van der Waals surface area contributed by atoms with Crippen molar-refractivity contribution in [3.05, 3.63) is 0 Å². The van der Waals surface area contributed by atoms with Crippen LogP contribution in [0.1, 0.15) is 66.2 Å². The molecule has 0 unspecified atom stereocenters. The second-order valence-electron chi connectivity index (χ2n) is 11.9. The third kappa shape index (κ3) is 7.94. The van der Waals surface area contributed by atoms with Crippen LogP contribution in [0.2, 0.25) is 0 Å². The summed E-state index contributed by atoms with van der Waals surface area (Å²) >= 11 is 0. The average Bonchev–Trinajstić information content (AvgIpc) is 3.69. The van der Waals surface area contributed by atoms with Gasteiger partial charge in [0.15, 0.2) is 6.04 Å². The molecule has 0 spiro atoms. The van der Waals surface area contributed by atoms with Gasteiger partial charge in [0.05, 0.1) is 18.8 Å². The van der Waals surface area contributed by atoms with Gasteiger partial charge in [0, 0.05) is 19.6 Å². The Morgan fingerprint density at radius 1 is 0.854 bits per heavy atom. The first-order valence-electron chi connectivity index (χ1n) is 14.3. The number of rotatable bonds is 10. The molecule has 3 fully saturated rings. The van der Waals surface area contributed by atoms with Crippen molar-refractivity contribution in [3.63, 3.8) is 0 Å². The number of carbonyl (C=O) groups excluding carboxylic acids is 5. The van der Waals surface area contributed by atoms with E-state index in [9.17, 15) is 33.9 Å². The van der Waals surface area contributed by atoms with E-state index in [1.807, 2.05) is 0 Å². The molecule has 3 rings (SSSR count). The maximum absolute atomic E-state index is 13.7. The molecule has 230 valence electrons. The summed E-state index contributed by atoms with van der Waals surface area (Å²) in [5, 5.41) is 14.6. The molecule has 3 aliphatic heterocycles. The minimum Gasteiger partial charge on any atom is -0.480 e. The normalized spacial score (nSPS) is 24.2.